The third-order valence-electron chi connectivity index (χ3n) is 2.91. The topological polar surface area (TPSA) is 66.8 Å². The second-order valence-electron chi connectivity index (χ2n) is 4.12. The zero-order chi connectivity index (χ0) is 13.8. The minimum absolute atomic E-state index is 0.269. The van der Waals surface area contributed by atoms with Crippen molar-refractivity contribution in [1.29, 1.82) is 5.39 Å². The summed E-state index contributed by atoms with van der Waals surface area (Å²) in [4.78, 5) is 15.8. The molecule has 0 N–H and O–H groups in total. The highest BCUT2D eigenvalue weighted by Gasteiger charge is 2.19. The lowest BCUT2D eigenvalue weighted by atomic mass is 10.0. The molecular formula is C15H10N5+. The Balaban J connectivity index is 2.24. The Labute approximate surface area is 115 Å². The van der Waals surface area contributed by atoms with Crippen LogP contribution in [0.3, 0.4) is 0 Å². The van der Waals surface area contributed by atoms with E-state index in [1.54, 1.807) is 30.9 Å². The van der Waals surface area contributed by atoms with Crippen LogP contribution < -0.4 is 0 Å². The van der Waals surface area contributed by atoms with Crippen LogP contribution in [0.4, 0.5) is 5.82 Å². The van der Waals surface area contributed by atoms with E-state index in [1.807, 2.05) is 30.3 Å². The second-order valence-corrected chi connectivity index (χ2v) is 4.12. The summed E-state index contributed by atoms with van der Waals surface area (Å²) in [6.45, 7) is 0. The van der Waals surface area contributed by atoms with Gasteiger partial charge in [0.2, 0.25) is 0 Å². The number of nitrogens with zero attached hydrogens (tertiary/aromatic N) is 5. The maximum absolute atomic E-state index is 9.07. The minimum Gasteiger partial charge on any atom is -0.264 e. The predicted molar refractivity (Wildman–Crippen MR) is 75.4 cm³/mol. The lowest BCUT2D eigenvalue weighted by Crippen LogP contribution is -1.90. The Bertz CT molecular complexity index is 778. The number of pyridine rings is 3. The summed E-state index contributed by atoms with van der Waals surface area (Å²) in [7, 11) is 0. The Kier molecular flexibility index (Phi) is 3.13. The molecule has 0 unspecified atom stereocenters. The quantitative estimate of drug-likeness (QED) is 0.659. The molecule has 0 radical (unpaired) electrons. The average molecular weight is 260 g/mol. The summed E-state index contributed by atoms with van der Waals surface area (Å²) in [6, 6.07) is 11.2. The number of hydrogen-bond acceptors (Lipinski definition) is 4. The van der Waals surface area contributed by atoms with E-state index < -0.39 is 0 Å². The second kappa shape index (κ2) is 5.24. The molecule has 3 heterocycles. The third kappa shape index (κ3) is 2.10. The fourth-order valence-electron chi connectivity index (χ4n) is 2.04. The summed E-state index contributed by atoms with van der Waals surface area (Å²) in [5.74, 6) is 0.269. The van der Waals surface area contributed by atoms with E-state index in [9.17, 15) is 0 Å². The molecule has 0 saturated heterocycles. The van der Waals surface area contributed by atoms with Gasteiger partial charge in [0.1, 0.15) is 6.20 Å². The lowest BCUT2D eigenvalue weighted by Gasteiger charge is -2.06. The van der Waals surface area contributed by atoms with Gasteiger partial charge in [-0.2, -0.15) is 0 Å². The first kappa shape index (κ1) is 11.9. The van der Waals surface area contributed by atoms with Gasteiger partial charge in [-0.1, -0.05) is 6.07 Å². The normalized spacial score (nSPS) is 9.95. The monoisotopic (exact) mass is 260 g/mol. The molecule has 0 amide bonds. The number of aromatic nitrogens is 3. The third-order valence-corrected chi connectivity index (χ3v) is 2.91. The first-order valence-electron chi connectivity index (χ1n) is 6.06. The molecule has 3 aromatic rings. The molecule has 5 heteroatoms. The highest BCUT2D eigenvalue weighted by molar-refractivity contribution is 5.85. The van der Waals surface area contributed by atoms with E-state index in [4.69, 9.17) is 5.39 Å². The van der Waals surface area contributed by atoms with Crippen molar-refractivity contribution in [2.45, 2.75) is 0 Å². The van der Waals surface area contributed by atoms with Crippen LogP contribution in [0.15, 0.2) is 61.2 Å². The van der Waals surface area contributed by atoms with Crippen LogP contribution in [0.1, 0.15) is 0 Å². The molecule has 0 fully saturated rings. The minimum atomic E-state index is 0.269. The van der Waals surface area contributed by atoms with Gasteiger partial charge in [-0.25, -0.2) is 0 Å². The summed E-state index contributed by atoms with van der Waals surface area (Å²) in [5.41, 5.74) is 3.25. The molecule has 0 aliphatic heterocycles. The van der Waals surface area contributed by atoms with Gasteiger partial charge >= 0.3 is 5.82 Å². The first-order chi connectivity index (χ1) is 9.90. The van der Waals surface area contributed by atoms with Crippen LogP contribution in [0.25, 0.3) is 27.4 Å². The van der Waals surface area contributed by atoms with Gasteiger partial charge in [0, 0.05) is 34.7 Å². The van der Waals surface area contributed by atoms with E-state index in [0.29, 0.717) is 0 Å². The van der Waals surface area contributed by atoms with E-state index in [-0.39, 0.29) is 5.82 Å². The Morgan fingerprint density at radius 1 is 0.850 bits per heavy atom. The molecule has 0 spiro atoms. The fraction of sp³-hybridized carbons (Fsp3) is 0. The van der Waals surface area contributed by atoms with Crippen molar-refractivity contribution in [3.8, 4) is 22.4 Å². The summed E-state index contributed by atoms with van der Waals surface area (Å²) >= 11 is 0. The average Bonchev–Trinajstić information content (AvgIpc) is 2.55. The van der Waals surface area contributed by atoms with Crippen LogP contribution in [0, 0.1) is 5.39 Å². The van der Waals surface area contributed by atoms with E-state index in [0.717, 1.165) is 22.4 Å². The Hall–Kier alpha value is -3.13. The molecule has 94 valence electrons. The highest BCUT2D eigenvalue weighted by Crippen LogP contribution is 2.34. The standard InChI is InChI=1S/C15H10N5/c16-20-15-13(6-3-9-19-15)12-5-2-8-18-14(12)11-4-1-7-17-10-11/h1-10H/q+1. The molecule has 5 nitrogen and oxygen atoms in total. The van der Waals surface area contributed by atoms with Crippen molar-refractivity contribution in [2.75, 3.05) is 0 Å². The first-order valence-corrected chi connectivity index (χ1v) is 6.06. The van der Waals surface area contributed by atoms with Gasteiger partial charge in [0.15, 0.2) is 0 Å². The molecule has 0 bridgehead atoms. The number of rotatable bonds is 2. The van der Waals surface area contributed by atoms with E-state index in [1.165, 1.54) is 0 Å². The fourth-order valence-corrected chi connectivity index (χ4v) is 2.04. The van der Waals surface area contributed by atoms with Crippen molar-refractivity contribution in [1.82, 2.24) is 15.0 Å². The molecule has 3 rings (SSSR count). The van der Waals surface area contributed by atoms with E-state index >= 15 is 0 Å². The molecular weight excluding hydrogens is 250 g/mol. The largest absolute Gasteiger partial charge is 0.472 e. The molecule has 0 aliphatic rings. The SMILES string of the molecule is N#[N+]c1ncccc1-c1cccnc1-c1cccnc1. The maximum Gasteiger partial charge on any atom is 0.472 e. The van der Waals surface area contributed by atoms with Gasteiger partial charge in [0.05, 0.1) is 16.7 Å². The zero-order valence-electron chi connectivity index (χ0n) is 10.5. The molecule has 20 heavy (non-hydrogen) atoms. The van der Waals surface area contributed by atoms with Gasteiger partial charge in [-0.15, -0.1) is 0 Å². The van der Waals surface area contributed by atoms with Gasteiger partial charge in [-0.3, -0.25) is 9.97 Å². The highest BCUT2D eigenvalue weighted by atomic mass is 15.0. The van der Waals surface area contributed by atoms with Crippen LogP contribution in [-0.2, 0) is 0 Å². The molecule has 0 atom stereocenters. The van der Waals surface area contributed by atoms with Crippen LogP contribution in [-0.4, -0.2) is 15.0 Å². The summed E-state index contributed by atoms with van der Waals surface area (Å²) in [5, 5.41) is 9.07. The predicted octanol–water partition coefficient (Wildman–Crippen LogP) is 3.69. The van der Waals surface area contributed by atoms with E-state index in [2.05, 4.69) is 19.9 Å². The Morgan fingerprint density at radius 3 is 2.35 bits per heavy atom. The smallest absolute Gasteiger partial charge is 0.264 e. The van der Waals surface area contributed by atoms with Gasteiger partial charge in [0.25, 0.3) is 0 Å². The van der Waals surface area contributed by atoms with Crippen molar-refractivity contribution >= 4 is 5.82 Å². The molecule has 0 aliphatic carbocycles. The molecule has 0 saturated carbocycles. The number of hydrogen-bond donors (Lipinski definition) is 0. The van der Waals surface area contributed by atoms with Crippen molar-refractivity contribution in [2.24, 2.45) is 0 Å². The zero-order valence-corrected chi connectivity index (χ0v) is 10.5. The Morgan fingerprint density at radius 2 is 1.60 bits per heavy atom. The molecule has 0 aromatic carbocycles. The van der Waals surface area contributed by atoms with Crippen molar-refractivity contribution < 1.29 is 0 Å². The van der Waals surface area contributed by atoms with Crippen molar-refractivity contribution in [3.05, 3.63) is 66.2 Å². The maximum atomic E-state index is 9.07. The molecule has 3 aromatic heterocycles. The van der Waals surface area contributed by atoms with Crippen LogP contribution in [0.2, 0.25) is 0 Å². The summed E-state index contributed by atoms with van der Waals surface area (Å²) < 4.78 is 0. The van der Waals surface area contributed by atoms with Gasteiger partial charge < -0.3 is 0 Å². The van der Waals surface area contributed by atoms with Crippen LogP contribution >= 0.6 is 0 Å². The van der Waals surface area contributed by atoms with Crippen LogP contribution in [0.5, 0.6) is 0 Å². The lowest BCUT2D eigenvalue weighted by molar-refractivity contribution is 1.27. The van der Waals surface area contributed by atoms with Crippen molar-refractivity contribution in [3.63, 3.8) is 0 Å². The summed E-state index contributed by atoms with van der Waals surface area (Å²) in [6.07, 6.45) is 6.76. The number of diazo groups is 1. The van der Waals surface area contributed by atoms with Gasteiger partial charge in [-0.05, 0) is 35.3 Å².